The van der Waals surface area contributed by atoms with E-state index in [1.807, 2.05) is 28.9 Å². The third kappa shape index (κ3) is 1.97. The average Bonchev–Trinajstić information content (AvgIpc) is 3.18. The summed E-state index contributed by atoms with van der Waals surface area (Å²) in [6, 6.07) is 7.74. The van der Waals surface area contributed by atoms with Crippen molar-refractivity contribution in [1.29, 1.82) is 0 Å². The summed E-state index contributed by atoms with van der Waals surface area (Å²) in [7, 11) is 1.65. The number of hydrogen-bond acceptors (Lipinski definition) is 4. The topological polar surface area (TPSA) is 66.0 Å². The molecule has 0 spiro atoms. The lowest BCUT2D eigenvalue weighted by Gasteiger charge is -2.05. The molecule has 0 aliphatic heterocycles. The van der Waals surface area contributed by atoms with Crippen LogP contribution in [0.15, 0.2) is 24.3 Å². The van der Waals surface area contributed by atoms with Gasteiger partial charge in [-0.3, -0.25) is 0 Å². The van der Waals surface area contributed by atoms with Crippen molar-refractivity contribution in [2.45, 2.75) is 25.3 Å². The summed E-state index contributed by atoms with van der Waals surface area (Å²) in [4.78, 5) is 4.51. The van der Waals surface area contributed by atoms with Gasteiger partial charge in [-0.15, -0.1) is 0 Å². The Balaban J connectivity index is 1.97. The fourth-order valence-electron chi connectivity index (χ4n) is 1.94. The zero-order valence-electron chi connectivity index (χ0n) is 10.3. The first-order valence-corrected chi connectivity index (χ1v) is 6.12. The normalized spacial score (nSPS) is 14.8. The van der Waals surface area contributed by atoms with Crippen LogP contribution in [0.5, 0.6) is 5.75 Å². The predicted molar refractivity (Wildman–Crippen MR) is 67.8 cm³/mol. The van der Waals surface area contributed by atoms with Gasteiger partial charge in [-0.2, -0.15) is 5.10 Å². The summed E-state index contributed by atoms with van der Waals surface area (Å²) in [5, 5.41) is 4.55. The number of benzene rings is 1. The predicted octanol–water partition coefficient (Wildman–Crippen LogP) is 1.61. The van der Waals surface area contributed by atoms with Crippen LogP contribution >= 0.6 is 0 Å². The van der Waals surface area contributed by atoms with Crippen LogP contribution in [0.4, 0.5) is 0 Å². The van der Waals surface area contributed by atoms with Gasteiger partial charge in [0.15, 0.2) is 5.82 Å². The van der Waals surface area contributed by atoms with Crippen LogP contribution in [0, 0.1) is 0 Å². The summed E-state index contributed by atoms with van der Waals surface area (Å²) >= 11 is 0. The van der Waals surface area contributed by atoms with Gasteiger partial charge in [0.25, 0.3) is 0 Å². The minimum absolute atomic E-state index is 0.395. The minimum atomic E-state index is 0.395. The first kappa shape index (κ1) is 11.2. The van der Waals surface area contributed by atoms with E-state index in [2.05, 4.69) is 10.1 Å². The smallest absolute Gasteiger partial charge is 0.154 e. The zero-order valence-corrected chi connectivity index (χ0v) is 10.3. The maximum Gasteiger partial charge on any atom is 0.154 e. The van der Waals surface area contributed by atoms with Crippen molar-refractivity contribution in [3.8, 4) is 11.4 Å². The van der Waals surface area contributed by atoms with Crippen LogP contribution in [-0.4, -0.2) is 21.9 Å². The Kier molecular flexibility index (Phi) is 2.76. The molecule has 2 N–H and O–H groups in total. The van der Waals surface area contributed by atoms with E-state index < -0.39 is 0 Å². The van der Waals surface area contributed by atoms with E-state index in [1.165, 1.54) is 12.8 Å². The fourth-order valence-corrected chi connectivity index (χ4v) is 1.94. The van der Waals surface area contributed by atoms with Gasteiger partial charge in [0.1, 0.15) is 11.6 Å². The van der Waals surface area contributed by atoms with Gasteiger partial charge in [-0.25, -0.2) is 9.67 Å². The Labute approximate surface area is 106 Å². The first-order valence-electron chi connectivity index (χ1n) is 6.12. The molecule has 2 aromatic rings. The molecule has 1 aromatic heterocycles. The number of aromatic nitrogens is 3. The summed E-state index contributed by atoms with van der Waals surface area (Å²) in [5.74, 6) is 3.10. The Morgan fingerprint density at radius 3 is 2.61 bits per heavy atom. The SMILES string of the molecule is COc1ccc(-n2nc(C3CC3)nc2CN)cc1. The number of ether oxygens (including phenoxy) is 1. The molecule has 0 unspecified atom stereocenters. The van der Waals surface area contributed by atoms with E-state index in [0.717, 1.165) is 23.1 Å². The molecule has 1 aliphatic rings. The molecule has 1 saturated carbocycles. The first-order chi connectivity index (χ1) is 8.81. The molecule has 0 amide bonds. The summed E-state index contributed by atoms with van der Waals surface area (Å²) in [6.07, 6.45) is 2.38. The Morgan fingerprint density at radius 2 is 2.06 bits per heavy atom. The van der Waals surface area contributed by atoms with E-state index in [0.29, 0.717) is 12.5 Å². The van der Waals surface area contributed by atoms with E-state index in [4.69, 9.17) is 10.5 Å². The second-order valence-electron chi connectivity index (χ2n) is 4.47. The van der Waals surface area contributed by atoms with Crippen LogP contribution < -0.4 is 10.5 Å². The molecule has 0 saturated heterocycles. The third-order valence-corrected chi connectivity index (χ3v) is 3.13. The molecule has 1 aromatic carbocycles. The standard InChI is InChI=1S/C13H16N4O/c1-18-11-6-4-10(5-7-11)17-12(8-14)15-13(16-17)9-2-3-9/h4-7,9H,2-3,8,14H2,1H3. The molecule has 1 heterocycles. The summed E-state index contributed by atoms with van der Waals surface area (Å²) < 4.78 is 6.97. The van der Waals surface area contributed by atoms with Crippen LogP contribution in [0.1, 0.15) is 30.4 Å². The molecule has 1 aliphatic carbocycles. The van der Waals surface area contributed by atoms with Gasteiger partial charge in [-0.05, 0) is 37.1 Å². The lowest BCUT2D eigenvalue weighted by Crippen LogP contribution is -2.07. The molecule has 94 valence electrons. The third-order valence-electron chi connectivity index (χ3n) is 3.13. The Bertz CT molecular complexity index is 543. The van der Waals surface area contributed by atoms with Crippen LogP contribution in [0.3, 0.4) is 0 Å². The second-order valence-corrected chi connectivity index (χ2v) is 4.47. The van der Waals surface area contributed by atoms with Crippen molar-refractivity contribution in [3.05, 3.63) is 35.9 Å². The van der Waals surface area contributed by atoms with Crippen molar-refractivity contribution in [2.75, 3.05) is 7.11 Å². The lowest BCUT2D eigenvalue weighted by atomic mass is 10.3. The van der Waals surface area contributed by atoms with E-state index in [1.54, 1.807) is 7.11 Å². The molecule has 5 nitrogen and oxygen atoms in total. The average molecular weight is 244 g/mol. The molecule has 18 heavy (non-hydrogen) atoms. The highest BCUT2D eigenvalue weighted by atomic mass is 16.5. The van der Waals surface area contributed by atoms with E-state index >= 15 is 0 Å². The number of nitrogens with two attached hydrogens (primary N) is 1. The molecule has 3 rings (SSSR count). The van der Waals surface area contributed by atoms with Gasteiger partial charge in [0.2, 0.25) is 0 Å². The minimum Gasteiger partial charge on any atom is -0.497 e. The maximum atomic E-state index is 5.73. The molecule has 0 bridgehead atoms. The Hall–Kier alpha value is -1.88. The van der Waals surface area contributed by atoms with Crippen molar-refractivity contribution in [1.82, 2.24) is 14.8 Å². The quantitative estimate of drug-likeness (QED) is 0.887. The van der Waals surface area contributed by atoms with Crippen LogP contribution in [-0.2, 0) is 6.54 Å². The van der Waals surface area contributed by atoms with Gasteiger partial charge in [0.05, 0.1) is 19.3 Å². The van der Waals surface area contributed by atoms with Gasteiger partial charge < -0.3 is 10.5 Å². The molecule has 0 atom stereocenters. The molecule has 1 fully saturated rings. The van der Waals surface area contributed by atoms with Gasteiger partial charge in [0, 0.05) is 5.92 Å². The van der Waals surface area contributed by atoms with Gasteiger partial charge >= 0.3 is 0 Å². The van der Waals surface area contributed by atoms with Crippen LogP contribution in [0.25, 0.3) is 5.69 Å². The molecular weight excluding hydrogens is 228 g/mol. The highest BCUT2D eigenvalue weighted by molar-refractivity contribution is 5.37. The fraction of sp³-hybridized carbons (Fsp3) is 0.385. The van der Waals surface area contributed by atoms with Crippen molar-refractivity contribution in [3.63, 3.8) is 0 Å². The van der Waals surface area contributed by atoms with Crippen molar-refractivity contribution in [2.24, 2.45) is 5.73 Å². The monoisotopic (exact) mass is 244 g/mol. The zero-order chi connectivity index (χ0) is 12.5. The van der Waals surface area contributed by atoms with Gasteiger partial charge in [-0.1, -0.05) is 0 Å². The lowest BCUT2D eigenvalue weighted by molar-refractivity contribution is 0.414. The Morgan fingerprint density at radius 1 is 1.33 bits per heavy atom. The number of methoxy groups -OCH3 is 1. The van der Waals surface area contributed by atoms with Crippen LogP contribution in [0.2, 0.25) is 0 Å². The number of rotatable bonds is 4. The number of nitrogens with zero attached hydrogens (tertiary/aromatic N) is 3. The largest absolute Gasteiger partial charge is 0.497 e. The maximum absolute atomic E-state index is 5.73. The molecular formula is C13H16N4O. The highest BCUT2D eigenvalue weighted by Gasteiger charge is 2.28. The molecule has 5 heteroatoms. The second kappa shape index (κ2) is 4.42. The summed E-state index contributed by atoms with van der Waals surface area (Å²) in [5.41, 5.74) is 6.70. The summed E-state index contributed by atoms with van der Waals surface area (Å²) in [6.45, 7) is 0.395. The van der Waals surface area contributed by atoms with Crippen molar-refractivity contribution < 1.29 is 4.74 Å². The van der Waals surface area contributed by atoms with Crippen molar-refractivity contribution >= 4 is 0 Å². The molecule has 0 radical (unpaired) electrons. The highest BCUT2D eigenvalue weighted by Crippen LogP contribution is 2.38. The number of hydrogen-bond donors (Lipinski definition) is 1. The van der Waals surface area contributed by atoms with E-state index in [-0.39, 0.29) is 0 Å². The van der Waals surface area contributed by atoms with E-state index in [9.17, 15) is 0 Å².